The minimum Gasteiger partial charge on any atom is -0.379 e. The minimum absolute atomic E-state index is 0.219. The van der Waals surface area contributed by atoms with Gasteiger partial charge in [-0.25, -0.2) is 4.79 Å². The Morgan fingerprint density at radius 1 is 0.952 bits per heavy atom. The maximum Gasteiger partial charge on any atom is 0.318 e. The van der Waals surface area contributed by atoms with Gasteiger partial charge in [0.15, 0.2) is 0 Å². The normalized spacial score (nSPS) is 11.6. The van der Waals surface area contributed by atoms with Crippen LogP contribution >= 0.6 is 0 Å². The van der Waals surface area contributed by atoms with Crippen LogP contribution in [-0.4, -0.2) is 13.1 Å². The molecule has 4 nitrogen and oxygen atoms in total. The second kappa shape index (κ2) is 6.79. The largest absolute Gasteiger partial charge is 0.379 e. The predicted octanol–water partition coefficient (Wildman–Crippen LogP) is 3.92. The van der Waals surface area contributed by atoms with Gasteiger partial charge < -0.3 is 16.0 Å². The Balaban J connectivity index is 1.99. The van der Waals surface area contributed by atoms with Gasteiger partial charge in [-0.05, 0) is 43.7 Å². The van der Waals surface area contributed by atoms with E-state index in [4.69, 9.17) is 0 Å². The van der Waals surface area contributed by atoms with E-state index in [2.05, 4.69) is 54.1 Å². The molecule has 0 bridgehead atoms. The van der Waals surface area contributed by atoms with Gasteiger partial charge >= 0.3 is 6.03 Å². The summed E-state index contributed by atoms with van der Waals surface area (Å²) >= 11 is 0. The molecule has 2 rings (SSSR count). The molecule has 0 heterocycles. The summed E-state index contributed by atoms with van der Waals surface area (Å²) in [6.07, 6.45) is 0. The fourth-order valence-electron chi connectivity index (χ4n) is 2.03. The summed E-state index contributed by atoms with van der Waals surface area (Å²) in [5, 5.41) is 8.70. The number of rotatable bonds is 4. The Labute approximate surface area is 125 Å². The molecule has 21 heavy (non-hydrogen) atoms. The first kappa shape index (κ1) is 14.9. The smallest absolute Gasteiger partial charge is 0.318 e. The molecule has 1 unspecified atom stereocenters. The van der Waals surface area contributed by atoms with Gasteiger partial charge in [0.25, 0.3) is 0 Å². The SMILES string of the molecule is CNC(=O)Nc1ccc(NC(C)c2ccc(C)cc2)cc1. The molecule has 0 fully saturated rings. The van der Waals surface area contributed by atoms with Crippen molar-refractivity contribution in [1.29, 1.82) is 0 Å². The van der Waals surface area contributed by atoms with E-state index in [9.17, 15) is 4.79 Å². The van der Waals surface area contributed by atoms with Crippen LogP contribution in [0.1, 0.15) is 24.1 Å². The highest BCUT2D eigenvalue weighted by Crippen LogP contribution is 2.21. The summed E-state index contributed by atoms with van der Waals surface area (Å²) in [6.45, 7) is 4.21. The number of hydrogen-bond acceptors (Lipinski definition) is 2. The summed E-state index contributed by atoms with van der Waals surface area (Å²) in [7, 11) is 1.59. The summed E-state index contributed by atoms with van der Waals surface area (Å²) < 4.78 is 0. The zero-order valence-corrected chi connectivity index (χ0v) is 12.6. The molecule has 0 saturated carbocycles. The van der Waals surface area contributed by atoms with Gasteiger partial charge in [0.05, 0.1) is 0 Å². The molecule has 2 aromatic carbocycles. The van der Waals surface area contributed by atoms with Crippen molar-refractivity contribution >= 4 is 17.4 Å². The minimum atomic E-state index is -0.219. The zero-order valence-electron chi connectivity index (χ0n) is 12.6. The standard InChI is InChI=1S/C17H21N3O/c1-12-4-6-14(7-5-12)13(2)19-15-8-10-16(11-9-15)20-17(21)18-3/h4-11,13,19H,1-3H3,(H2,18,20,21). The number of anilines is 2. The van der Waals surface area contributed by atoms with Gasteiger partial charge in [0.1, 0.15) is 0 Å². The number of benzene rings is 2. The number of aryl methyl sites for hydroxylation is 1. The van der Waals surface area contributed by atoms with Crippen LogP contribution in [0.25, 0.3) is 0 Å². The predicted molar refractivity (Wildman–Crippen MR) is 87.7 cm³/mol. The van der Waals surface area contributed by atoms with Crippen molar-refractivity contribution in [2.45, 2.75) is 19.9 Å². The number of amides is 2. The van der Waals surface area contributed by atoms with Crippen LogP contribution in [-0.2, 0) is 0 Å². The van der Waals surface area contributed by atoms with Gasteiger partial charge in [0.2, 0.25) is 0 Å². The first-order valence-corrected chi connectivity index (χ1v) is 7.00. The van der Waals surface area contributed by atoms with E-state index in [1.807, 2.05) is 24.3 Å². The van der Waals surface area contributed by atoms with Crippen LogP contribution in [0.2, 0.25) is 0 Å². The lowest BCUT2D eigenvalue weighted by Crippen LogP contribution is -2.24. The summed E-state index contributed by atoms with van der Waals surface area (Å²) in [5.41, 5.74) is 4.29. The third-order valence-electron chi connectivity index (χ3n) is 3.33. The van der Waals surface area contributed by atoms with E-state index in [0.717, 1.165) is 11.4 Å². The summed E-state index contributed by atoms with van der Waals surface area (Å²) in [5.74, 6) is 0. The maximum absolute atomic E-state index is 11.2. The first-order chi connectivity index (χ1) is 10.1. The van der Waals surface area contributed by atoms with Crippen LogP contribution in [0, 0.1) is 6.92 Å². The molecule has 110 valence electrons. The van der Waals surface area contributed by atoms with Crippen LogP contribution < -0.4 is 16.0 Å². The molecule has 0 spiro atoms. The Bertz CT molecular complexity index is 590. The molecular weight excluding hydrogens is 262 g/mol. The molecule has 2 amide bonds. The van der Waals surface area contributed by atoms with Crippen LogP contribution in [0.5, 0.6) is 0 Å². The Morgan fingerprint density at radius 2 is 1.52 bits per heavy atom. The van der Waals surface area contributed by atoms with Gasteiger partial charge in [-0.15, -0.1) is 0 Å². The number of hydrogen-bond donors (Lipinski definition) is 3. The Hall–Kier alpha value is -2.49. The lowest BCUT2D eigenvalue weighted by molar-refractivity contribution is 0.254. The average Bonchev–Trinajstić information content (AvgIpc) is 2.49. The molecule has 0 aromatic heterocycles. The van der Waals surface area contributed by atoms with E-state index < -0.39 is 0 Å². The fraction of sp³-hybridized carbons (Fsp3) is 0.235. The number of carbonyl (C=O) groups is 1. The molecule has 2 aromatic rings. The van der Waals surface area contributed by atoms with E-state index in [-0.39, 0.29) is 12.1 Å². The van der Waals surface area contributed by atoms with Gasteiger partial charge in [-0.1, -0.05) is 29.8 Å². The Morgan fingerprint density at radius 3 is 2.10 bits per heavy atom. The van der Waals surface area contributed by atoms with Crippen molar-refractivity contribution in [3.63, 3.8) is 0 Å². The lowest BCUT2D eigenvalue weighted by Gasteiger charge is -2.16. The molecule has 0 aliphatic carbocycles. The van der Waals surface area contributed by atoms with Crippen molar-refractivity contribution < 1.29 is 4.79 Å². The van der Waals surface area contributed by atoms with Crippen molar-refractivity contribution in [1.82, 2.24) is 5.32 Å². The molecule has 1 atom stereocenters. The van der Waals surface area contributed by atoms with Crippen molar-refractivity contribution in [2.24, 2.45) is 0 Å². The van der Waals surface area contributed by atoms with Crippen LogP contribution in [0.15, 0.2) is 48.5 Å². The van der Waals surface area contributed by atoms with Crippen LogP contribution in [0.4, 0.5) is 16.2 Å². The molecule has 4 heteroatoms. The van der Waals surface area contributed by atoms with Crippen molar-refractivity contribution in [2.75, 3.05) is 17.7 Å². The molecule has 0 aliphatic heterocycles. The number of nitrogens with one attached hydrogen (secondary N) is 3. The Kier molecular flexibility index (Phi) is 4.82. The maximum atomic E-state index is 11.2. The molecule has 0 saturated heterocycles. The quantitative estimate of drug-likeness (QED) is 0.796. The van der Waals surface area contributed by atoms with E-state index >= 15 is 0 Å². The zero-order chi connectivity index (χ0) is 15.2. The third-order valence-corrected chi connectivity index (χ3v) is 3.33. The lowest BCUT2D eigenvalue weighted by atomic mass is 10.1. The number of carbonyl (C=O) groups excluding carboxylic acids is 1. The highest BCUT2D eigenvalue weighted by atomic mass is 16.2. The third kappa shape index (κ3) is 4.24. The highest BCUT2D eigenvalue weighted by molar-refractivity contribution is 5.89. The molecular formula is C17H21N3O. The van der Waals surface area contributed by atoms with Crippen molar-refractivity contribution in [3.05, 3.63) is 59.7 Å². The van der Waals surface area contributed by atoms with E-state index in [1.165, 1.54) is 11.1 Å². The monoisotopic (exact) mass is 283 g/mol. The van der Waals surface area contributed by atoms with Gasteiger partial charge in [-0.2, -0.15) is 0 Å². The van der Waals surface area contributed by atoms with Crippen molar-refractivity contribution in [3.8, 4) is 0 Å². The summed E-state index contributed by atoms with van der Waals surface area (Å²) in [6, 6.07) is 16.2. The summed E-state index contributed by atoms with van der Waals surface area (Å²) in [4.78, 5) is 11.2. The molecule has 0 aliphatic rings. The fourth-order valence-corrected chi connectivity index (χ4v) is 2.03. The highest BCUT2D eigenvalue weighted by Gasteiger charge is 2.05. The number of urea groups is 1. The second-order valence-corrected chi connectivity index (χ2v) is 5.06. The first-order valence-electron chi connectivity index (χ1n) is 7.00. The molecule has 3 N–H and O–H groups in total. The van der Waals surface area contributed by atoms with Gasteiger partial charge in [0, 0.05) is 24.5 Å². The van der Waals surface area contributed by atoms with Gasteiger partial charge in [-0.3, -0.25) is 0 Å². The second-order valence-electron chi connectivity index (χ2n) is 5.06. The van der Waals surface area contributed by atoms with E-state index in [0.29, 0.717) is 0 Å². The van der Waals surface area contributed by atoms with Crippen LogP contribution in [0.3, 0.4) is 0 Å². The topological polar surface area (TPSA) is 53.2 Å². The molecule has 0 radical (unpaired) electrons. The average molecular weight is 283 g/mol. The van der Waals surface area contributed by atoms with E-state index in [1.54, 1.807) is 7.05 Å².